The number of halogens is 3. The first-order valence-corrected chi connectivity index (χ1v) is 11.3. The van der Waals surface area contributed by atoms with Crippen molar-refractivity contribution in [2.75, 3.05) is 29.9 Å². The number of nitrogens with one attached hydrogen (secondary N) is 1. The number of carbonyl (C=O) groups excluding carboxylic acids is 1. The van der Waals surface area contributed by atoms with E-state index in [1.54, 1.807) is 17.2 Å². The molecule has 1 aromatic carbocycles. The van der Waals surface area contributed by atoms with Gasteiger partial charge in [0.1, 0.15) is 17.3 Å². The zero-order chi connectivity index (χ0) is 23.8. The number of likely N-dealkylation sites (tertiary alicyclic amines) is 1. The first kappa shape index (κ1) is 22.5. The molecule has 11 heteroatoms. The van der Waals surface area contributed by atoms with E-state index in [4.69, 9.17) is 0 Å². The number of aromatic nitrogens is 3. The van der Waals surface area contributed by atoms with Crippen molar-refractivity contribution >= 4 is 23.2 Å². The van der Waals surface area contributed by atoms with Crippen LogP contribution in [0.15, 0.2) is 36.7 Å². The van der Waals surface area contributed by atoms with Gasteiger partial charge in [-0.3, -0.25) is 0 Å². The normalized spacial score (nSPS) is 21.0. The van der Waals surface area contributed by atoms with Gasteiger partial charge in [0.05, 0.1) is 18.3 Å². The predicted molar refractivity (Wildman–Crippen MR) is 119 cm³/mol. The van der Waals surface area contributed by atoms with Gasteiger partial charge >= 0.3 is 6.03 Å². The second-order valence-electron chi connectivity index (χ2n) is 8.71. The standard InChI is InChI=1S/C23H25F3N6O2/c24-14-5-6-16(21(25)26)17(11-14)19-4-2-9-31(19)20-7-10-32-22(29-20)18(12-27-32)28-23(34)30-8-1-3-15(33)13-30/h5-7,10-12,15,19,21,33H,1-4,8-9,13H2,(H,28,34)/t15?,19-/m1/s1. The van der Waals surface area contributed by atoms with Crippen LogP contribution in [0.3, 0.4) is 0 Å². The average molecular weight is 474 g/mol. The molecule has 2 aliphatic heterocycles. The van der Waals surface area contributed by atoms with Gasteiger partial charge in [0, 0.05) is 31.4 Å². The Kier molecular flexibility index (Phi) is 6.03. The fourth-order valence-electron chi connectivity index (χ4n) is 4.84. The topological polar surface area (TPSA) is 86.0 Å². The minimum Gasteiger partial charge on any atom is -0.391 e. The molecule has 180 valence electrons. The van der Waals surface area contributed by atoms with E-state index in [2.05, 4.69) is 15.4 Å². The minimum atomic E-state index is -2.71. The molecule has 2 amide bonds. The van der Waals surface area contributed by atoms with Crippen molar-refractivity contribution in [2.24, 2.45) is 0 Å². The summed E-state index contributed by atoms with van der Waals surface area (Å²) in [4.78, 5) is 20.8. The Bertz CT molecular complexity index is 1200. The third-order valence-electron chi connectivity index (χ3n) is 6.47. The van der Waals surface area contributed by atoms with Gasteiger partial charge in [0.2, 0.25) is 0 Å². The molecule has 2 atom stereocenters. The monoisotopic (exact) mass is 474 g/mol. The molecule has 0 spiro atoms. The fraction of sp³-hybridized carbons (Fsp3) is 0.435. The van der Waals surface area contributed by atoms with Crippen molar-refractivity contribution in [2.45, 2.75) is 44.3 Å². The van der Waals surface area contributed by atoms with E-state index in [-0.39, 0.29) is 23.7 Å². The molecule has 4 heterocycles. The Morgan fingerprint density at radius 3 is 2.79 bits per heavy atom. The molecule has 0 radical (unpaired) electrons. The highest BCUT2D eigenvalue weighted by atomic mass is 19.3. The van der Waals surface area contributed by atoms with Crippen LogP contribution >= 0.6 is 0 Å². The van der Waals surface area contributed by atoms with Crippen LogP contribution in [-0.2, 0) is 0 Å². The molecule has 0 aliphatic carbocycles. The van der Waals surface area contributed by atoms with Crippen molar-refractivity contribution in [3.8, 4) is 0 Å². The van der Waals surface area contributed by atoms with Crippen molar-refractivity contribution in [1.82, 2.24) is 19.5 Å². The summed E-state index contributed by atoms with van der Waals surface area (Å²) in [5.74, 6) is -0.0258. The summed E-state index contributed by atoms with van der Waals surface area (Å²) >= 11 is 0. The van der Waals surface area contributed by atoms with Gasteiger partial charge < -0.3 is 20.2 Å². The number of carbonyl (C=O) groups is 1. The van der Waals surface area contributed by atoms with E-state index in [9.17, 15) is 23.1 Å². The minimum absolute atomic E-state index is 0.180. The van der Waals surface area contributed by atoms with Crippen molar-refractivity contribution in [1.29, 1.82) is 0 Å². The Morgan fingerprint density at radius 1 is 1.18 bits per heavy atom. The number of fused-ring (bicyclic) bond motifs is 1. The summed E-state index contributed by atoms with van der Waals surface area (Å²) in [7, 11) is 0. The number of nitrogens with zero attached hydrogens (tertiary/aromatic N) is 5. The molecular formula is C23H25F3N6O2. The molecule has 1 unspecified atom stereocenters. The van der Waals surface area contributed by atoms with Gasteiger partial charge in [0.25, 0.3) is 6.43 Å². The van der Waals surface area contributed by atoms with Gasteiger partial charge in [-0.25, -0.2) is 27.5 Å². The molecule has 2 aliphatic rings. The van der Waals surface area contributed by atoms with Crippen LogP contribution in [0.1, 0.15) is 49.3 Å². The molecule has 2 fully saturated rings. The number of anilines is 2. The smallest absolute Gasteiger partial charge is 0.322 e. The predicted octanol–water partition coefficient (Wildman–Crippen LogP) is 4.14. The maximum atomic E-state index is 14.0. The Hall–Kier alpha value is -3.34. The first-order valence-electron chi connectivity index (χ1n) is 11.3. The zero-order valence-corrected chi connectivity index (χ0v) is 18.4. The zero-order valence-electron chi connectivity index (χ0n) is 18.4. The number of alkyl halides is 2. The Morgan fingerprint density at radius 2 is 2.00 bits per heavy atom. The first-order chi connectivity index (χ1) is 16.4. The van der Waals surface area contributed by atoms with Crippen LogP contribution in [-0.4, -0.2) is 56.4 Å². The van der Waals surface area contributed by atoms with Crippen molar-refractivity contribution in [3.63, 3.8) is 0 Å². The SMILES string of the molecule is O=C(Nc1cnn2ccc(N3CCC[C@@H]3c3cc(F)ccc3C(F)F)nc12)N1CCCC(O)C1. The number of β-amino-alcohol motifs (C(OH)–C–C–N with tert-alkyl or cyclic N) is 1. The van der Waals surface area contributed by atoms with E-state index < -0.39 is 24.4 Å². The molecule has 5 rings (SSSR count). The number of hydrogen-bond acceptors (Lipinski definition) is 5. The van der Waals surface area contributed by atoms with Crippen LogP contribution in [0.5, 0.6) is 0 Å². The van der Waals surface area contributed by atoms with Gasteiger partial charge in [0.15, 0.2) is 5.65 Å². The number of aliphatic hydroxyl groups is 1. The number of urea groups is 1. The van der Waals surface area contributed by atoms with Crippen LogP contribution in [0.25, 0.3) is 5.65 Å². The van der Waals surface area contributed by atoms with Crippen LogP contribution in [0.2, 0.25) is 0 Å². The highest BCUT2D eigenvalue weighted by molar-refractivity contribution is 5.93. The van der Waals surface area contributed by atoms with Gasteiger partial charge in [-0.15, -0.1) is 0 Å². The summed E-state index contributed by atoms with van der Waals surface area (Å²) in [6.45, 7) is 1.39. The van der Waals surface area contributed by atoms with Crippen LogP contribution in [0, 0.1) is 5.82 Å². The quantitative estimate of drug-likeness (QED) is 0.594. The fourth-order valence-corrected chi connectivity index (χ4v) is 4.84. The molecule has 2 saturated heterocycles. The van der Waals surface area contributed by atoms with Crippen LogP contribution in [0.4, 0.5) is 29.5 Å². The highest BCUT2D eigenvalue weighted by Gasteiger charge is 2.31. The van der Waals surface area contributed by atoms with Gasteiger partial charge in [-0.05, 0) is 49.4 Å². The summed E-state index contributed by atoms with van der Waals surface area (Å²) in [5.41, 5.74) is 0.893. The van der Waals surface area contributed by atoms with Gasteiger partial charge in [-0.1, -0.05) is 6.07 Å². The number of amides is 2. The molecular weight excluding hydrogens is 449 g/mol. The van der Waals surface area contributed by atoms with E-state index in [0.717, 1.165) is 25.0 Å². The van der Waals surface area contributed by atoms with E-state index in [1.165, 1.54) is 16.8 Å². The summed E-state index contributed by atoms with van der Waals surface area (Å²) < 4.78 is 42.7. The molecule has 8 nitrogen and oxygen atoms in total. The Labute approximate surface area is 194 Å². The van der Waals surface area contributed by atoms with Crippen LogP contribution < -0.4 is 10.2 Å². The van der Waals surface area contributed by atoms with Crippen molar-refractivity contribution in [3.05, 3.63) is 53.6 Å². The second kappa shape index (κ2) is 9.13. The summed E-state index contributed by atoms with van der Waals surface area (Å²) in [6, 6.07) is 4.32. The lowest BCUT2D eigenvalue weighted by molar-refractivity contribution is 0.0883. The molecule has 3 aromatic rings. The summed E-state index contributed by atoms with van der Waals surface area (Å²) in [5, 5.41) is 16.9. The molecule has 0 bridgehead atoms. The Balaban J connectivity index is 1.43. The molecule has 2 N–H and O–H groups in total. The number of benzene rings is 1. The van der Waals surface area contributed by atoms with E-state index in [0.29, 0.717) is 43.1 Å². The third-order valence-corrected chi connectivity index (χ3v) is 6.47. The van der Waals surface area contributed by atoms with E-state index >= 15 is 0 Å². The van der Waals surface area contributed by atoms with E-state index in [1.807, 2.05) is 4.90 Å². The molecule has 0 saturated carbocycles. The number of hydrogen-bond donors (Lipinski definition) is 2. The van der Waals surface area contributed by atoms with Crippen molar-refractivity contribution < 1.29 is 23.1 Å². The molecule has 34 heavy (non-hydrogen) atoms. The van der Waals surface area contributed by atoms with Gasteiger partial charge in [-0.2, -0.15) is 5.10 Å². The average Bonchev–Trinajstić information content (AvgIpc) is 3.46. The summed E-state index contributed by atoms with van der Waals surface area (Å²) in [6.07, 6.45) is 2.66. The second-order valence-corrected chi connectivity index (χ2v) is 8.71. The maximum absolute atomic E-state index is 14.0. The maximum Gasteiger partial charge on any atom is 0.322 e. The lowest BCUT2D eigenvalue weighted by Gasteiger charge is -2.30. The largest absolute Gasteiger partial charge is 0.391 e. The highest BCUT2D eigenvalue weighted by Crippen LogP contribution is 2.39. The number of aliphatic hydroxyl groups excluding tert-OH is 1. The lowest BCUT2D eigenvalue weighted by atomic mass is 9.98. The third kappa shape index (κ3) is 4.27. The number of rotatable bonds is 4. The lowest BCUT2D eigenvalue weighted by Crippen LogP contribution is -2.44. The molecule has 2 aromatic heterocycles. The number of piperidine rings is 1.